The van der Waals surface area contributed by atoms with Crippen molar-refractivity contribution in [2.45, 2.75) is 27.7 Å². The smallest absolute Gasteiger partial charge is 0.331 e. The average molecular weight is 180 g/mol. The highest BCUT2D eigenvalue weighted by molar-refractivity contribution is 5.82. The molecular formula is C11H16O2. The molecule has 0 rings (SSSR count). The van der Waals surface area contributed by atoms with Gasteiger partial charge in [-0.2, -0.15) is 0 Å². The van der Waals surface area contributed by atoms with Crippen LogP contribution in [-0.4, -0.2) is 12.6 Å². The third-order valence-electron chi connectivity index (χ3n) is 1.04. The Morgan fingerprint density at radius 1 is 1.46 bits per heavy atom. The summed E-state index contributed by atoms with van der Waals surface area (Å²) in [6.45, 7) is 8.21. The van der Waals surface area contributed by atoms with Gasteiger partial charge < -0.3 is 4.74 Å². The van der Waals surface area contributed by atoms with Gasteiger partial charge in [-0.1, -0.05) is 11.8 Å². The summed E-state index contributed by atoms with van der Waals surface area (Å²) in [6, 6.07) is 0. The van der Waals surface area contributed by atoms with Gasteiger partial charge in [-0.05, 0) is 33.8 Å². The number of ether oxygens (including phenoxy) is 1. The van der Waals surface area contributed by atoms with Crippen molar-refractivity contribution in [1.29, 1.82) is 0 Å². The molecule has 0 radical (unpaired) electrons. The molecule has 0 fully saturated rings. The maximum atomic E-state index is 10.8. The monoisotopic (exact) mass is 180 g/mol. The van der Waals surface area contributed by atoms with Gasteiger partial charge in [-0.15, -0.1) is 0 Å². The SMILES string of the molecule is CCOC(=O)/C=C\C#CC(C)(C)C. The fourth-order valence-corrected chi connectivity index (χ4v) is 0.558. The van der Waals surface area contributed by atoms with Crippen molar-refractivity contribution in [2.24, 2.45) is 5.41 Å². The summed E-state index contributed by atoms with van der Waals surface area (Å²) < 4.78 is 4.68. The van der Waals surface area contributed by atoms with Gasteiger partial charge in [0.2, 0.25) is 0 Å². The molecule has 0 aliphatic rings. The molecule has 0 spiro atoms. The van der Waals surface area contributed by atoms with Crippen LogP contribution in [0.3, 0.4) is 0 Å². The van der Waals surface area contributed by atoms with Gasteiger partial charge in [0.15, 0.2) is 0 Å². The van der Waals surface area contributed by atoms with E-state index in [9.17, 15) is 4.79 Å². The van der Waals surface area contributed by atoms with Crippen LogP contribution in [-0.2, 0) is 9.53 Å². The minimum atomic E-state index is -0.342. The zero-order valence-electron chi connectivity index (χ0n) is 8.68. The van der Waals surface area contributed by atoms with Crippen molar-refractivity contribution in [3.63, 3.8) is 0 Å². The number of allylic oxidation sites excluding steroid dienone is 1. The van der Waals surface area contributed by atoms with Crippen molar-refractivity contribution < 1.29 is 9.53 Å². The Balaban J connectivity index is 3.99. The zero-order chi connectivity index (χ0) is 10.3. The normalized spacial score (nSPS) is 10.8. The molecule has 72 valence electrons. The second-order valence-electron chi connectivity index (χ2n) is 3.60. The largest absolute Gasteiger partial charge is 0.463 e. The molecule has 0 aromatic heterocycles. The number of hydrogen-bond donors (Lipinski definition) is 0. The maximum absolute atomic E-state index is 10.8. The van der Waals surface area contributed by atoms with Gasteiger partial charge in [0.25, 0.3) is 0 Å². The van der Waals surface area contributed by atoms with Crippen molar-refractivity contribution in [2.75, 3.05) is 6.61 Å². The average Bonchev–Trinajstić information content (AvgIpc) is 1.97. The molecule has 0 amide bonds. The van der Waals surface area contributed by atoms with Gasteiger partial charge in [0.1, 0.15) is 0 Å². The van der Waals surface area contributed by atoms with Crippen LogP contribution in [0.5, 0.6) is 0 Å². The van der Waals surface area contributed by atoms with Crippen LogP contribution in [0.15, 0.2) is 12.2 Å². The Hall–Kier alpha value is -1.23. The summed E-state index contributed by atoms with van der Waals surface area (Å²) in [7, 11) is 0. The molecule has 0 aliphatic carbocycles. The quantitative estimate of drug-likeness (QED) is 0.370. The fraction of sp³-hybridized carbons (Fsp3) is 0.545. The summed E-state index contributed by atoms with van der Waals surface area (Å²) in [4.78, 5) is 10.8. The lowest BCUT2D eigenvalue weighted by Gasteiger charge is -2.05. The third-order valence-corrected chi connectivity index (χ3v) is 1.04. The Bertz CT molecular complexity index is 245. The molecule has 0 aromatic carbocycles. The molecule has 0 saturated heterocycles. The summed E-state index contributed by atoms with van der Waals surface area (Å²) in [5.41, 5.74) is -0.0288. The Labute approximate surface area is 80.0 Å². The topological polar surface area (TPSA) is 26.3 Å². The highest BCUT2D eigenvalue weighted by Gasteiger charge is 2.02. The fourth-order valence-electron chi connectivity index (χ4n) is 0.558. The highest BCUT2D eigenvalue weighted by Crippen LogP contribution is 2.09. The van der Waals surface area contributed by atoms with E-state index in [0.29, 0.717) is 6.61 Å². The van der Waals surface area contributed by atoms with E-state index in [2.05, 4.69) is 16.6 Å². The predicted octanol–water partition coefficient (Wildman–Crippen LogP) is 2.16. The molecule has 2 nitrogen and oxygen atoms in total. The summed E-state index contributed by atoms with van der Waals surface area (Å²) in [5, 5.41) is 0. The standard InChI is InChI=1S/C11H16O2/c1-5-13-10(12)8-6-7-9-11(2,3)4/h6,8H,5H2,1-4H3/b8-6-. The van der Waals surface area contributed by atoms with E-state index >= 15 is 0 Å². The minimum Gasteiger partial charge on any atom is -0.463 e. The first-order valence-corrected chi connectivity index (χ1v) is 4.31. The van der Waals surface area contributed by atoms with Crippen molar-refractivity contribution in [1.82, 2.24) is 0 Å². The molecule has 0 bridgehead atoms. The lowest BCUT2D eigenvalue weighted by molar-refractivity contribution is -0.137. The molecule has 0 unspecified atom stereocenters. The van der Waals surface area contributed by atoms with E-state index in [4.69, 9.17) is 0 Å². The molecule has 2 heteroatoms. The van der Waals surface area contributed by atoms with Crippen LogP contribution >= 0.6 is 0 Å². The minimum absolute atomic E-state index is 0.0288. The van der Waals surface area contributed by atoms with Crippen LogP contribution < -0.4 is 0 Å². The Kier molecular flexibility index (Phi) is 4.91. The van der Waals surface area contributed by atoms with Crippen LogP contribution in [0.25, 0.3) is 0 Å². The van der Waals surface area contributed by atoms with E-state index in [-0.39, 0.29) is 11.4 Å². The van der Waals surface area contributed by atoms with Crippen molar-refractivity contribution in [3.05, 3.63) is 12.2 Å². The lowest BCUT2D eigenvalue weighted by Crippen LogP contribution is -1.99. The molecular weight excluding hydrogens is 164 g/mol. The molecule has 0 aromatic rings. The van der Waals surface area contributed by atoms with Crippen molar-refractivity contribution >= 4 is 5.97 Å². The molecule has 0 heterocycles. The summed E-state index contributed by atoms with van der Waals surface area (Å²) in [6.07, 6.45) is 2.85. The highest BCUT2D eigenvalue weighted by atomic mass is 16.5. The van der Waals surface area contributed by atoms with Crippen LogP contribution in [0, 0.1) is 17.3 Å². The van der Waals surface area contributed by atoms with E-state index in [0.717, 1.165) is 0 Å². The molecule has 13 heavy (non-hydrogen) atoms. The number of carbonyl (C=O) groups excluding carboxylic acids is 1. The second-order valence-corrected chi connectivity index (χ2v) is 3.60. The second kappa shape index (κ2) is 5.42. The molecule has 0 aliphatic heterocycles. The Morgan fingerprint density at radius 3 is 2.54 bits per heavy atom. The lowest BCUT2D eigenvalue weighted by atomic mass is 9.98. The maximum Gasteiger partial charge on any atom is 0.331 e. The van der Waals surface area contributed by atoms with Gasteiger partial charge in [0, 0.05) is 11.5 Å². The van der Waals surface area contributed by atoms with Gasteiger partial charge in [-0.25, -0.2) is 4.79 Å². The van der Waals surface area contributed by atoms with Crippen molar-refractivity contribution in [3.8, 4) is 11.8 Å². The van der Waals surface area contributed by atoms with E-state index < -0.39 is 0 Å². The van der Waals surface area contributed by atoms with E-state index in [1.54, 1.807) is 6.92 Å². The first kappa shape index (κ1) is 11.8. The predicted molar refractivity (Wildman–Crippen MR) is 53.0 cm³/mol. The Morgan fingerprint density at radius 2 is 2.08 bits per heavy atom. The summed E-state index contributed by atoms with van der Waals surface area (Å²) >= 11 is 0. The van der Waals surface area contributed by atoms with E-state index in [1.165, 1.54) is 12.2 Å². The third kappa shape index (κ3) is 8.68. The number of hydrogen-bond acceptors (Lipinski definition) is 2. The molecule has 0 atom stereocenters. The van der Waals surface area contributed by atoms with Crippen LogP contribution in [0.2, 0.25) is 0 Å². The van der Waals surface area contributed by atoms with E-state index in [1.807, 2.05) is 20.8 Å². The van der Waals surface area contributed by atoms with Gasteiger partial charge in [0.05, 0.1) is 6.61 Å². The van der Waals surface area contributed by atoms with Gasteiger partial charge in [-0.3, -0.25) is 0 Å². The molecule has 0 saturated carbocycles. The first-order chi connectivity index (χ1) is 5.95. The van der Waals surface area contributed by atoms with Crippen LogP contribution in [0.1, 0.15) is 27.7 Å². The van der Waals surface area contributed by atoms with Gasteiger partial charge >= 0.3 is 5.97 Å². The summed E-state index contributed by atoms with van der Waals surface area (Å²) in [5.74, 6) is 5.42. The number of carbonyl (C=O) groups is 1. The zero-order valence-corrected chi connectivity index (χ0v) is 8.68. The molecule has 0 N–H and O–H groups in total. The number of rotatable bonds is 2. The van der Waals surface area contributed by atoms with Crippen LogP contribution in [0.4, 0.5) is 0 Å². The first-order valence-electron chi connectivity index (χ1n) is 4.31. The number of esters is 1.